The predicted octanol–water partition coefficient (Wildman–Crippen LogP) is 3.31. The lowest BCUT2D eigenvalue weighted by atomic mass is 10.2. The molecule has 1 fully saturated rings. The van der Waals surface area contributed by atoms with Crippen molar-refractivity contribution in [1.82, 2.24) is 4.90 Å². The molecule has 1 N–H and O–H groups in total. The lowest BCUT2D eigenvalue weighted by molar-refractivity contribution is -0.143. The van der Waals surface area contributed by atoms with Crippen LogP contribution in [0.2, 0.25) is 10.0 Å². The highest BCUT2D eigenvalue weighted by Gasteiger charge is 2.34. The average Bonchev–Trinajstić information content (AvgIpc) is 3.22. The van der Waals surface area contributed by atoms with Crippen LogP contribution in [0.3, 0.4) is 0 Å². The van der Waals surface area contributed by atoms with Crippen molar-refractivity contribution in [3.05, 3.63) is 28.2 Å². The third-order valence-corrected chi connectivity index (χ3v) is 3.92. The Morgan fingerprint density at radius 3 is 2.80 bits per heavy atom. The molecule has 1 atom stereocenters. The van der Waals surface area contributed by atoms with Gasteiger partial charge in [0, 0.05) is 23.7 Å². The second kappa shape index (κ2) is 6.66. The molecule has 1 unspecified atom stereocenters. The van der Waals surface area contributed by atoms with E-state index in [0.29, 0.717) is 35.0 Å². The van der Waals surface area contributed by atoms with Gasteiger partial charge in [0.25, 0.3) is 0 Å². The SMILES string of the molecule is CC(C(=O)O)N(CCOc1cc(Cl)ccc1Cl)C1CC1. The third-order valence-electron chi connectivity index (χ3n) is 3.37. The summed E-state index contributed by atoms with van der Waals surface area (Å²) in [7, 11) is 0. The second-order valence-corrected chi connectivity index (χ2v) is 5.75. The molecule has 6 heteroatoms. The van der Waals surface area contributed by atoms with Crippen LogP contribution in [-0.4, -0.2) is 41.2 Å². The Hall–Kier alpha value is -0.970. The number of carboxylic acids is 1. The molecule has 1 aromatic rings. The molecular weight excluding hydrogens is 301 g/mol. The van der Waals surface area contributed by atoms with Gasteiger partial charge >= 0.3 is 5.97 Å². The summed E-state index contributed by atoms with van der Waals surface area (Å²) >= 11 is 11.9. The Bertz CT molecular complexity index is 491. The standard InChI is InChI=1S/C14H17Cl2NO3/c1-9(14(18)19)17(11-3-4-11)6-7-20-13-8-10(15)2-5-12(13)16/h2,5,8-9,11H,3-4,6-7H2,1H3,(H,18,19). The minimum Gasteiger partial charge on any atom is -0.491 e. The minimum atomic E-state index is -0.808. The number of benzene rings is 1. The summed E-state index contributed by atoms with van der Waals surface area (Å²) in [4.78, 5) is 13.0. The number of nitrogens with zero attached hydrogens (tertiary/aromatic N) is 1. The fourth-order valence-corrected chi connectivity index (χ4v) is 2.42. The van der Waals surface area contributed by atoms with Crippen molar-refractivity contribution in [3.63, 3.8) is 0 Å². The Balaban J connectivity index is 1.90. The summed E-state index contributed by atoms with van der Waals surface area (Å²) in [5, 5.41) is 10.2. The topological polar surface area (TPSA) is 49.8 Å². The lowest BCUT2D eigenvalue weighted by Crippen LogP contribution is -2.42. The zero-order valence-corrected chi connectivity index (χ0v) is 12.7. The van der Waals surface area contributed by atoms with Crippen LogP contribution < -0.4 is 4.74 Å². The highest BCUT2D eigenvalue weighted by Crippen LogP contribution is 2.30. The molecule has 0 bridgehead atoms. The quantitative estimate of drug-likeness (QED) is 0.838. The number of ether oxygens (including phenoxy) is 1. The van der Waals surface area contributed by atoms with Gasteiger partial charge in [-0.2, -0.15) is 0 Å². The van der Waals surface area contributed by atoms with Crippen molar-refractivity contribution in [3.8, 4) is 5.75 Å². The van der Waals surface area contributed by atoms with Gasteiger partial charge in [0.05, 0.1) is 5.02 Å². The summed E-state index contributed by atoms with van der Waals surface area (Å²) in [6.07, 6.45) is 2.10. The molecule has 2 rings (SSSR count). The van der Waals surface area contributed by atoms with Crippen LogP contribution in [0.1, 0.15) is 19.8 Å². The fourth-order valence-electron chi connectivity index (χ4n) is 2.09. The molecule has 1 saturated carbocycles. The highest BCUT2D eigenvalue weighted by atomic mass is 35.5. The maximum absolute atomic E-state index is 11.1. The van der Waals surface area contributed by atoms with Crippen LogP contribution in [0.4, 0.5) is 0 Å². The molecule has 0 heterocycles. The second-order valence-electron chi connectivity index (χ2n) is 4.91. The van der Waals surface area contributed by atoms with Gasteiger partial charge in [-0.05, 0) is 31.9 Å². The van der Waals surface area contributed by atoms with E-state index in [1.807, 2.05) is 4.90 Å². The zero-order valence-electron chi connectivity index (χ0n) is 11.2. The number of halogens is 2. The molecule has 0 amide bonds. The molecule has 20 heavy (non-hydrogen) atoms. The van der Waals surface area contributed by atoms with Crippen LogP contribution in [0.25, 0.3) is 0 Å². The molecule has 0 aromatic heterocycles. The molecule has 1 aliphatic rings. The van der Waals surface area contributed by atoms with E-state index in [2.05, 4.69) is 0 Å². The van der Waals surface area contributed by atoms with Gasteiger partial charge in [-0.25, -0.2) is 0 Å². The Morgan fingerprint density at radius 1 is 1.50 bits per heavy atom. The van der Waals surface area contributed by atoms with Gasteiger partial charge in [-0.3, -0.25) is 9.69 Å². The molecule has 4 nitrogen and oxygen atoms in total. The lowest BCUT2D eigenvalue weighted by Gasteiger charge is -2.26. The minimum absolute atomic E-state index is 0.361. The van der Waals surface area contributed by atoms with E-state index in [1.165, 1.54) is 0 Å². The van der Waals surface area contributed by atoms with Crippen LogP contribution in [0.5, 0.6) is 5.75 Å². The van der Waals surface area contributed by atoms with Gasteiger partial charge in [-0.1, -0.05) is 23.2 Å². The maximum Gasteiger partial charge on any atom is 0.320 e. The number of hydrogen-bond acceptors (Lipinski definition) is 3. The normalized spacial score (nSPS) is 16.2. The van der Waals surface area contributed by atoms with Gasteiger partial charge in [0.2, 0.25) is 0 Å². The van der Waals surface area contributed by atoms with Crippen molar-refractivity contribution in [2.45, 2.75) is 31.8 Å². The highest BCUT2D eigenvalue weighted by molar-refractivity contribution is 6.34. The van der Waals surface area contributed by atoms with Crippen LogP contribution >= 0.6 is 23.2 Å². The van der Waals surface area contributed by atoms with E-state index < -0.39 is 12.0 Å². The van der Waals surface area contributed by atoms with E-state index in [9.17, 15) is 4.79 Å². The summed E-state index contributed by atoms with van der Waals surface area (Å²) in [5.74, 6) is -0.282. The zero-order chi connectivity index (χ0) is 14.7. The Morgan fingerprint density at radius 2 is 2.20 bits per heavy atom. The molecule has 0 spiro atoms. The molecule has 1 aliphatic carbocycles. The van der Waals surface area contributed by atoms with E-state index >= 15 is 0 Å². The Kier molecular flexibility index (Phi) is 5.13. The summed E-state index contributed by atoms with van der Waals surface area (Å²) in [6, 6.07) is 4.89. The van der Waals surface area contributed by atoms with E-state index in [-0.39, 0.29) is 0 Å². The fraction of sp³-hybridized carbons (Fsp3) is 0.500. The number of rotatable bonds is 7. The number of hydrogen-bond donors (Lipinski definition) is 1. The first-order chi connectivity index (χ1) is 9.49. The number of aliphatic carboxylic acids is 1. The van der Waals surface area contributed by atoms with Crippen molar-refractivity contribution in [2.75, 3.05) is 13.2 Å². The predicted molar refractivity (Wildman–Crippen MR) is 78.8 cm³/mol. The van der Waals surface area contributed by atoms with Crippen LogP contribution in [0.15, 0.2) is 18.2 Å². The van der Waals surface area contributed by atoms with Crippen LogP contribution in [0, 0.1) is 0 Å². The van der Waals surface area contributed by atoms with Crippen molar-refractivity contribution < 1.29 is 14.6 Å². The van der Waals surface area contributed by atoms with Gasteiger partial charge in [-0.15, -0.1) is 0 Å². The third kappa shape index (κ3) is 4.01. The Labute approximate surface area is 128 Å². The maximum atomic E-state index is 11.1. The first-order valence-corrected chi connectivity index (χ1v) is 7.31. The number of carbonyl (C=O) groups is 1. The summed E-state index contributed by atoms with van der Waals surface area (Å²) in [6.45, 7) is 2.64. The van der Waals surface area contributed by atoms with Gasteiger partial charge in [0.15, 0.2) is 0 Å². The number of carboxylic acid groups (broad SMARTS) is 1. The van der Waals surface area contributed by atoms with Gasteiger partial charge < -0.3 is 9.84 Å². The molecule has 110 valence electrons. The first-order valence-electron chi connectivity index (χ1n) is 6.55. The first kappa shape index (κ1) is 15.4. The van der Waals surface area contributed by atoms with E-state index in [1.54, 1.807) is 25.1 Å². The van der Waals surface area contributed by atoms with E-state index in [0.717, 1.165) is 12.8 Å². The summed E-state index contributed by atoms with van der Waals surface area (Å²) < 4.78 is 5.60. The van der Waals surface area contributed by atoms with Crippen molar-refractivity contribution in [2.24, 2.45) is 0 Å². The molecular formula is C14H17Cl2NO3. The monoisotopic (exact) mass is 317 g/mol. The van der Waals surface area contributed by atoms with Crippen LogP contribution in [-0.2, 0) is 4.79 Å². The molecule has 0 aliphatic heterocycles. The van der Waals surface area contributed by atoms with E-state index in [4.69, 9.17) is 33.0 Å². The molecule has 0 saturated heterocycles. The summed E-state index contributed by atoms with van der Waals surface area (Å²) in [5.41, 5.74) is 0. The average molecular weight is 318 g/mol. The van der Waals surface area contributed by atoms with Crippen molar-refractivity contribution >= 4 is 29.2 Å². The largest absolute Gasteiger partial charge is 0.491 e. The molecule has 0 radical (unpaired) electrons. The smallest absolute Gasteiger partial charge is 0.320 e. The van der Waals surface area contributed by atoms with Crippen molar-refractivity contribution in [1.29, 1.82) is 0 Å². The molecule has 1 aromatic carbocycles. The van der Waals surface area contributed by atoms with Gasteiger partial charge in [0.1, 0.15) is 18.4 Å².